The fourth-order valence-electron chi connectivity index (χ4n) is 2.57. The lowest BCUT2D eigenvalue weighted by Gasteiger charge is -2.37. The Hall–Kier alpha value is -1.22. The molecule has 20 heavy (non-hydrogen) atoms. The van der Waals surface area contributed by atoms with Crippen molar-refractivity contribution >= 4 is 18.2 Å². The van der Waals surface area contributed by atoms with Crippen LogP contribution in [0, 0.1) is 5.92 Å². The zero-order valence-electron chi connectivity index (χ0n) is 12.3. The maximum Gasteiger partial charge on any atom is 0.293 e. The molecule has 108 valence electrons. The van der Waals surface area contributed by atoms with Crippen LogP contribution in [0.25, 0.3) is 0 Å². The molecule has 0 spiro atoms. The molecular weight excluding hydrogens is 268 g/mol. The number of rotatable bonds is 5. The highest BCUT2D eigenvalue weighted by Gasteiger charge is 2.35. The summed E-state index contributed by atoms with van der Waals surface area (Å²) < 4.78 is 5.34. The maximum absolute atomic E-state index is 10.6. The van der Waals surface area contributed by atoms with Crippen LogP contribution in [0.4, 0.5) is 0 Å². The minimum atomic E-state index is -0.420. The van der Waals surface area contributed by atoms with Gasteiger partial charge in [0.05, 0.1) is 0 Å². The zero-order chi connectivity index (χ0) is 14.6. The summed E-state index contributed by atoms with van der Waals surface area (Å²) in [5.41, 5.74) is -0.420. The first-order valence-corrected chi connectivity index (χ1v) is 7.82. The average molecular weight is 290 g/mol. The Labute approximate surface area is 125 Å². The van der Waals surface area contributed by atoms with E-state index in [9.17, 15) is 4.79 Å². The van der Waals surface area contributed by atoms with Crippen molar-refractivity contribution < 1.29 is 9.53 Å². The fraction of sp³-hybridized carbons (Fsp3) is 0.471. The van der Waals surface area contributed by atoms with Crippen molar-refractivity contribution in [2.75, 3.05) is 0 Å². The molecule has 0 amide bonds. The minimum Gasteiger partial charge on any atom is -0.461 e. The van der Waals surface area contributed by atoms with Gasteiger partial charge in [-0.1, -0.05) is 30.4 Å². The van der Waals surface area contributed by atoms with Gasteiger partial charge < -0.3 is 4.74 Å². The number of hydrogen-bond acceptors (Lipinski definition) is 3. The molecule has 0 bridgehead atoms. The largest absolute Gasteiger partial charge is 0.461 e. The van der Waals surface area contributed by atoms with Crippen molar-refractivity contribution in [3.05, 3.63) is 42.5 Å². The smallest absolute Gasteiger partial charge is 0.293 e. The standard InChI is InChI=1S/C17H22O2S/c1-16(2,19-13-18)14-9-11-17(3,12-10-14)20-15-7-5-4-6-8-15/h4-9,11,13-14H,10,12H2,1-3H3/t14-,17-/m0/s1. The lowest BCUT2D eigenvalue weighted by atomic mass is 9.80. The van der Waals surface area contributed by atoms with Crippen LogP contribution in [-0.2, 0) is 9.53 Å². The Kier molecular flexibility index (Phi) is 4.59. The molecular formula is C17H22O2S. The molecule has 3 heteroatoms. The van der Waals surface area contributed by atoms with E-state index in [0.29, 0.717) is 6.47 Å². The van der Waals surface area contributed by atoms with Gasteiger partial charge in [-0.05, 0) is 45.7 Å². The molecule has 0 saturated carbocycles. The molecule has 0 unspecified atom stereocenters. The van der Waals surface area contributed by atoms with Gasteiger partial charge in [0, 0.05) is 15.6 Å². The topological polar surface area (TPSA) is 26.3 Å². The number of hydrogen-bond donors (Lipinski definition) is 0. The van der Waals surface area contributed by atoms with Gasteiger partial charge in [0.1, 0.15) is 5.60 Å². The van der Waals surface area contributed by atoms with E-state index in [-0.39, 0.29) is 10.7 Å². The van der Waals surface area contributed by atoms with E-state index in [1.54, 1.807) is 0 Å². The summed E-state index contributed by atoms with van der Waals surface area (Å²) in [5.74, 6) is 0.289. The third-order valence-electron chi connectivity index (χ3n) is 3.97. The van der Waals surface area contributed by atoms with Crippen LogP contribution >= 0.6 is 11.8 Å². The van der Waals surface area contributed by atoms with Crippen molar-refractivity contribution in [1.29, 1.82) is 0 Å². The van der Waals surface area contributed by atoms with Crippen LogP contribution in [0.15, 0.2) is 47.4 Å². The lowest BCUT2D eigenvalue weighted by Crippen LogP contribution is -2.37. The summed E-state index contributed by atoms with van der Waals surface area (Å²) >= 11 is 1.90. The normalized spacial score (nSPS) is 26.2. The summed E-state index contributed by atoms with van der Waals surface area (Å²) in [7, 11) is 0. The Bertz CT molecular complexity index is 481. The predicted octanol–water partition coefficient (Wildman–Crippen LogP) is 4.46. The monoisotopic (exact) mass is 290 g/mol. The fourth-order valence-corrected chi connectivity index (χ4v) is 3.77. The highest BCUT2D eigenvalue weighted by atomic mass is 32.2. The molecule has 0 N–H and O–H groups in total. The van der Waals surface area contributed by atoms with Crippen molar-refractivity contribution in [2.45, 2.75) is 48.9 Å². The van der Waals surface area contributed by atoms with E-state index in [1.807, 2.05) is 31.7 Å². The van der Waals surface area contributed by atoms with Crippen LogP contribution in [0.1, 0.15) is 33.6 Å². The Morgan fingerprint density at radius 3 is 2.60 bits per heavy atom. The van der Waals surface area contributed by atoms with E-state index in [1.165, 1.54) is 4.90 Å². The van der Waals surface area contributed by atoms with Gasteiger partial charge in [-0.25, -0.2) is 0 Å². The Morgan fingerprint density at radius 1 is 1.35 bits per heavy atom. The summed E-state index contributed by atoms with van der Waals surface area (Å²) in [4.78, 5) is 11.9. The van der Waals surface area contributed by atoms with Crippen LogP contribution < -0.4 is 0 Å². The second kappa shape index (κ2) is 6.04. The molecule has 1 aromatic carbocycles. The number of carbonyl (C=O) groups is 1. The average Bonchev–Trinajstić information content (AvgIpc) is 2.40. The molecule has 2 rings (SSSR count). The van der Waals surface area contributed by atoms with E-state index in [2.05, 4.69) is 43.3 Å². The third-order valence-corrected chi connectivity index (χ3v) is 5.29. The third kappa shape index (κ3) is 3.66. The zero-order valence-corrected chi connectivity index (χ0v) is 13.2. The highest BCUT2D eigenvalue weighted by molar-refractivity contribution is 8.00. The Balaban J connectivity index is 2.05. The van der Waals surface area contributed by atoms with Gasteiger partial charge in [-0.2, -0.15) is 0 Å². The summed E-state index contributed by atoms with van der Waals surface area (Å²) in [5, 5.41) is 0. The number of benzene rings is 1. The second-order valence-corrected chi connectivity index (χ2v) is 7.66. The first-order chi connectivity index (χ1) is 9.45. The molecule has 0 fully saturated rings. The van der Waals surface area contributed by atoms with Gasteiger partial charge in [0.2, 0.25) is 0 Å². The second-order valence-electron chi connectivity index (χ2n) is 6.05. The molecule has 0 saturated heterocycles. The summed E-state index contributed by atoms with van der Waals surface area (Å²) in [6.07, 6.45) is 6.60. The van der Waals surface area contributed by atoms with Gasteiger partial charge in [0.15, 0.2) is 0 Å². The van der Waals surface area contributed by atoms with Gasteiger partial charge >= 0.3 is 0 Å². The number of carbonyl (C=O) groups excluding carboxylic acids is 1. The highest BCUT2D eigenvalue weighted by Crippen LogP contribution is 2.43. The molecule has 0 aromatic heterocycles. The molecule has 0 radical (unpaired) electrons. The van der Waals surface area contributed by atoms with E-state index < -0.39 is 5.60 Å². The van der Waals surface area contributed by atoms with Crippen molar-refractivity contribution in [1.82, 2.24) is 0 Å². The van der Waals surface area contributed by atoms with Crippen molar-refractivity contribution in [3.8, 4) is 0 Å². The van der Waals surface area contributed by atoms with E-state index >= 15 is 0 Å². The summed E-state index contributed by atoms with van der Waals surface area (Å²) in [6, 6.07) is 10.5. The first-order valence-electron chi connectivity index (χ1n) is 7.00. The van der Waals surface area contributed by atoms with Gasteiger partial charge in [0.25, 0.3) is 6.47 Å². The maximum atomic E-state index is 10.6. The van der Waals surface area contributed by atoms with Gasteiger partial charge in [-0.3, -0.25) is 4.79 Å². The van der Waals surface area contributed by atoms with Gasteiger partial charge in [-0.15, -0.1) is 11.8 Å². The molecule has 2 atom stereocenters. The van der Waals surface area contributed by atoms with Crippen LogP contribution in [0.5, 0.6) is 0 Å². The van der Waals surface area contributed by atoms with Crippen molar-refractivity contribution in [3.63, 3.8) is 0 Å². The Morgan fingerprint density at radius 2 is 2.05 bits per heavy atom. The summed E-state index contributed by atoms with van der Waals surface area (Å²) in [6.45, 7) is 6.78. The first kappa shape index (κ1) is 15.2. The number of ether oxygens (including phenoxy) is 1. The lowest BCUT2D eigenvalue weighted by molar-refractivity contribution is -0.144. The molecule has 1 aliphatic carbocycles. The molecule has 0 heterocycles. The molecule has 1 aromatic rings. The molecule has 1 aliphatic rings. The SMILES string of the molecule is CC(C)(OC=O)[C@H]1C=C[C@](C)(Sc2ccccc2)CC1. The van der Waals surface area contributed by atoms with Crippen LogP contribution in [0.3, 0.4) is 0 Å². The van der Waals surface area contributed by atoms with Crippen LogP contribution in [-0.4, -0.2) is 16.8 Å². The predicted molar refractivity (Wildman–Crippen MR) is 83.8 cm³/mol. The number of thioether (sulfide) groups is 1. The van der Waals surface area contributed by atoms with Crippen LogP contribution in [0.2, 0.25) is 0 Å². The van der Waals surface area contributed by atoms with Crippen molar-refractivity contribution in [2.24, 2.45) is 5.92 Å². The quantitative estimate of drug-likeness (QED) is 0.592. The molecule has 2 nitrogen and oxygen atoms in total. The minimum absolute atomic E-state index is 0.120. The van der Waals surface area contributed by atoms with E-state index in [0.717, 1.165) is 12.8 Å². The molecule has 0 aliphatic heterocycles. The van der Waals surface area contributed by atoms with E-state index in [4.69, 9.17) is 4.74 Å².